The zero-order valence-electron chi connectivity index (χ0n) is 13.7. The lowest BCUT2D eigenvalue weighted by Gasteiger charge is -2.07. The third-order valence-electron chi connectivity index (χ3n) is 3.45. The van der Waals surface area contributed by atoms with Gasteiger partial charge < -0.3 is 14.6 Å². The number of hydrogen-bond donors (Lipinski definition) is 1. The van der Waals surface area contributed by atoms with Crippen molar-refractivity contribution in [3.8, 4) is 0 Å². The lowest BCUT2D eigenvalue weighted by atomic mass is 10.2. The molecule has 128 valence electrons. The van der Waals surface area contributed by atoms with Gasteiger partial charge in [0.05, 0.1) is 17.9 Å². The Morgan fingerprint density at radius 1 is 1.38 bits per heavy atom. The Kier molecular flexibility index (Phi) is 6.31. The van der Waals surface area contributed by atoms with E-state index in [0.717, 1.165) is 17.6 Å². The van der Waals surface area contributed by atoms with Crippen molar-refractivity contribution in [3.63, 3.8) is 0 Å². The number of carbonyl (C=O) groups is 3. The molecular weight excluding hydrogens is 328 g/mol. The Bertz CT molecular complexity index is 733. The fraction of sp³-hybridized carbons (Fsp3) is 0.353. The number of esters is 1. The van der Waals surface area contributed by atoms with E-state index >= 15 is 0 Å². The topological polar surface area (TPSA) is 77.4 Å². The van der Waals surface area contributed by atoms with Crippen molar-refractivity contribution in [2.45, 2.75) is 33.2 Å². The van der Waals surface area contributed by atoms with E-state index in [-0.39, 0.29) is 18.9 Å². The van der Waals surface area contributed by atoms with Gasteiger partial charge in [-0.2, -0.15) is 0 Å². The van der Waals surface area contributed by atoms with Gasteiger partial charge in [0.1, 0.15) is 5.00 Å². The first-order valence-corrected chi connectivity index (χ1v) is 8.60. The normalized spacial score (nSPS) is 10.4. The van der Waals surface area contributed by atoms with Gasteiger partial charge in [-0.3, -0.25) is 9.59 Å². The highest BCUT2D eigenvalue weighted by molar-refractivity contribution is 7.16. The molecule has 7 heteroatoms. The van der Waals surface area contributed by atoms with Gasteiger partial charge in [0, 0.05) is 24.0 Å². The SMILES string of the molecule is CCOC(=O)c1cc(CC)sc1NC(=O)CCn1cccc1C=O. The molecule has 0 bridgehead atoms. The summed E-state index contributed by atoms with van der Waals surface area (Å²) in [7, 11) is 0. The van der Waals surface area contributed by atoms with Gasteiger partial charge in [-0.05, 0) is 31.5 Å². The van der Waals surface area contributed by atoms with E-state index < -0.39 is 5.97 Å². The minimum absolute atomic E-state index is 0.205. The summed E-state index contributed by atoms with van der Waals surface area (Å²) in [4.78, 5) is 36.0. The minimum Gasteiger partial charge on any atom is -0.462 e. The Labute approximate surface area is 144 Å². The minimum atomic E-state index is -0.433. The predicted octanol–water partition coefficient (Wildman–Crippen LogP) is 3.13. The quantitative estimate of drug-likeness (QED) is 0.587. The van der Waals surface area contributed by atoms with Crippen LogP contribution in [-0.4, -0.2) is 29.3 Å². The van der Waals surface area contributed by atoms with E-state index in [1.165, 1.54) is 11.3 Å². The number of aryl methyl sites for hydroxylation is 2. The van der Waals surface area contributed by atoms with Crippen molar-refractivity contribution in [1.29, 1.82) is 0 Å². The molecule has 0 spiro atoms. The molecule has 0 fully saturated rings. The van der Waals surface area contributed by atoms with E-state index in [1.54, 1.807) is 35.9 Å². The lowest BCUT2D eigenvalue weighted by Crippen LogP contribution is -2.16. The molecule has 0 saturated carbocycles. The molecule has 0 aromatic carbocycles. The average molecular weight is 348 g/mol. The maximum Gasteiger partial charge on any atom is 0.341 e. The van der Waals surface area contributed by atoms with Crippen molar-refractivity contribution in [2.75, 3.05) is 11.9 Å². The second kappa shape index (κ2) is 8.44. The van der Waals surface area contributed by atoms with Crippen LogP contribution in [0.15, 0.2) is 24.4 Å². The highest BCUT2D eigenvalue weighted by atomic mass is 32.1. The monoisotopic (exact) mass is 348 g/mol. The molecule has 0 unspecified atom stereocenters. The number of aromatic nitrogens is 1. The molecule has 6 nitrogen and oxygen atoms in total. The van der Waals surface area contributed by atoms with Gasteiger partial charge in [-0.15, -0.1) is 11.3 Å². The number of ether oxygens (including phenoxy) is 1. The van der Waals surface area contributed by atoms with Crippen LogP contribution in [0.2, 0.25) is 0 Å². The van der Waals surface area contributed by atoms with E-state index in [9.17, 15) is 14.4 Å². The van der Waals surface area contributed by atoms with Crippen molar-refractivity contribution >= 4 is 34.5 Å². The molecule has 24 heavy (non-hydrogen) atoms. The number of aldehydes is 1. The second-order valence-electron chi connectivity index (χ2n) is 5.07. The Hall–Kier alpha value is -2.41. The Balaban J connectivity index is 2.04. The van der Waals surface area contributed by atoms with Crippen LogP contribution in [0.1, 0.15) is 46.0 Å². The standard InChI is InChI=1S/C17H20N2O4S/c1-3-13-10-14(17(22)23-4-2)16(24-13)18-15(21)7-9-19-8-5-6-12(19)11-20/h5-6,8,10-11H,3-4,7,9H2,1-2H3,(H,18,21). The number of rotatable bonds is 8. The second-order valence-corrected chi connectivity index (χ2v) is 6.21. The number of thiophene rings is 1. The lowest BCUT2D eigenvalue weighted by molar-refractivity contribution is -0.116. The summed E-state index contributed by atoms with van der Waals surface area (Å²) in [5.41, 5.74) is 0.918. The fourth-order valence-corrected chi connectivity index (χ4v) is 3.22. The molecule has 0 atom stereocenters. The molecule has 1 N–H and O–H groups in total. The maximum atomic E-state index is 12.2. The highest BCUT2D eigenvalue weighted by Gasteiger charge is 2.18. The van der Waals surface area contributed by atoms with Crippen LogP contribution >= 0.6 is 11.3 Å². The zero-order chi connectivity index (χ0) is 17.5. The first-order chi connectivity index (χ1) is 11.6. The molecule has 0 saturated heterocycles. The number of nitrogens with zero attached hydrogens (tertiary/aromatic N) is 1. The summed E-state index contributed by atoms with van der Waals surface area (Å²) >= 11 is 1.38. The van der Waals surface area contributed by atoms with Gasteiger partial charge in [-0.25, -0.2) is 4.79 Å². The first kappa shape index (κ1) is 17.9. The van der Waals surface area contributed by atoms with E-state index in [4.69, 9.17) is 4.74 Å². The molecule has 2 heterocycles. The molecule has 0 radical (unpaired) electrons. The van der Waals surface area contributed by atoms with Crippen LogP contribution in [0.4, 0.5) is 5.00 Å². The summed E-state index contributed by atoms with van der Waals surface area (Å²) in [6.07, 6.45) is 3.49. The summed E-state index contributed by atoms with van der Waals surface area (Å²) in [6, 6.07) is 5.21. The molecule has 2 aromatic rings. The Morgan fingerprint density at radius 2 is 2.17 bits per heavy atom. The third kappa shape index (κ3) is 4.32. The number of carbonyl (C=O) groups excluding carboxylic acids is 3. The average Bonchev–Trinajstić information content (AvgIpc) is 3.19. The first-order valence-electron chi connectivity index (χ1n) is 7.79. The van der Waals surface area contributed by atoms with E-state index in [2.05, 4.69) is 5.32 Å². The molecule has 0 aliphatic rings. The molecule has 0 aliphatic carbocycles. The van der Waals surface area contributed by atoms with Gasteiger partial charge in [0.15, 0.2) is 6.29 Å². The van der Waals surface area contributed by atoms with Crippen LogP contribution < -0.4 is 5.32 Å². The van der Waals surface area contributed by atoms with Gasteiger partial charge in [-0.1, -0.05) is 6.92 Å². The maximum absolute atomic E-state index is 12.2. The molecular formula is C17H20N2O4S. The molecule has 2 aromatic heterocycles. The summed E-state index contributed by atoms with van der Waals surface area (Å²) < 4.78 is 6.74. The summed E-state index contributed by atoms with van der Waals surface area (Å²) in [6.45, 7) is 4.41. The van der Waals surface area contributed by atoms with Gasteiger partial charge in [0.2, 0.25) is 5.91 Å². The van der Waals surface area contributed by atoms with Crippen LogP contribution in [-0.2, 0) is 22.5 Å². The van der Waals surface area contributed by atoms with Crippen LogP contribution in [0, 0.1) is 0 Å². The van der Waals surface area contributed by atoms with Crippen molar-refractivity contribution < 1.29 is 19.1 Å². The predicted molar refractivity (Wildman–Crippen MR) is 92.7 cm³/mol. The van der Waals surface area contributed by atoms with Crippen LogP contribution in [0.5, 0.6) is 0 Å². The van der Waals surface area contributed by atoms with Crippen molar-refractivity contribution in [2.24, 2.45) is 0 Å². The van der Waals surface area contributed by atoms with Crippen molar-refractivity contribution in [3.05, 3.63) is 40.5 Å². The summed E-state index contributed by atoms with van der Waals surface area (Å²) in [5.74, 6) is -0.645. The molecule has 1 amide bonds. The van der Waals surface area contributed by atoms with E-state index in [0.29, 0.717) is 22.8 Å². The smallest absolute Gasteiger partial charge is 0.341 e. The number of nitrogens with one attached hydrogen (secondary N) is 1. The zero-order valence-corrected chi connectivity index (χ0v) is 14.5. The van der Waals surface area contributed by atoms with Crippen molar-refractivity contribution in [1.82, 2.24) is 4.57 Å². The third-order valence-corrected chi connectivity index (χ3v) is 4.64. The number of amides is 1. The number of anilines is 1. The van der Waals surface area contributed by atoms with Crippen LogP contribution in [0.3, 0.4) is 0 Å². The fourth-order valence-electron chi connectivity index (χ4n) is 2.22. The van der Waals surface area contributed by atoms with Gasteiger partial charge >= 0.3 is 5.97 Å². The number of hydrogen-bond acceptors (Lipinski definition) is 5. The molecule has 0 aliphatic heterocycles. The Morgan fingerprint density at radius 3 is 2.83 bits per heavy atom. The highest BCUT2D eigenvalue weighted by Crippen LogP contribution is 2.29. The summed E-state index contributed by atoms with van der Waals surface area (Å²) in [5, 5.41) is 3.29. The molecule has 2 rings (SSSR count). The van der Waals surface area contributed by atoms with Crippen LogP contribution in [0.25, 0.3) is 0 Å². The van der Waals surface area contributed by atoms with Gasteiger partial charge in [0.25, 0.3) is 0 Å². The largest absolute Gasteiger partial charge is 0.462 e. The van der Waals surface area contributed by atoms with E-state index in [1.807, 2.05) is 6.92 Å².